The van der Waals surface area contributed by atoms with Gasteiger partial charge in [-0.3, -0.25) is 9.20 Å². The first-order chi connectivity index (χ1) is 10.2. The Morgan fingerprint density at radius 3 is 2.52 bits per heavy atom. The van der Waals surface area contributed by atoms with Crippen LogP contribution in [0.5, 0.6) is 0 Å². The molecule has 0 bridgehead atoms. The number of fused-ring (bicyclic) bond motifs is 1. The van der Waals surface area contributed by atoms with Gasteiger partial charge in [0.1, 0.15) is 11.3 Å². The number of amides is 1. The zero-order chi connectivity index (χ0) is 15.2. The van der Waals surface area contributed by atoms with Crippen LogP contribution in [0.15, 0.2) is 24.4 Å². The van der Waals surface area contributed by atoms with Crippen LogP contribution in [0.4, 0.5) is 0 Å². The van der Waals surface area contributed by atoms with Crippen LogP contribution in [0.1, 0.15) is 16.2 Å². The number of aromatic nitrogens is 2. The maximum Gasteiger partial charge on any atom is 0.272 e. The van der Waals surface area contributed by atoms with E-state index in [0.29, 0.717) is 32.0 Å². The topological polar surface area (TPSA) is 56.1 Å². The third-order valence-electron chi connectivity index (χ3n) is 3.32. The number of ether oxygens (including phenoxy) is 2. The van der Waals surface area contributed by atoms with Gasteiger partial charge in [-0.1, -0.05) is 6.07 Å². The molecule has 0 aromatic carbocycles. The van der Waals surface area contributed by atoms with Crippen LogP contribution in [0.3, 0.4) is 0 Å². The molecule has 6 heteroatoms. The first kappa shape index (κ1) is 15.5. The standard InChI is InChI=1S/C15H21N3O3/c1-12-14(18-7-5-4-6-13(18)16-12)15(19)17(8-10-20-2)9-11-21-3/h4-7H,8-11H2,1-3H3. The van der Waals surface area contributed by atoms with Crippen LogP contribution in [-0.4, -0.2) is 60.7 Å². The maximum atomic E-state index is 12.8. The van der Waals surface area contributed by atoms with Crippen molar-refractivity contribution in [2.45, 2.75) is 6.92 Å². The second kappa shape index (κ2) is 7.19. The van der Waals surface area contributed by atoms with Crippen molar-refractivity contribution >= 4 is 11.6 Å². The fraction of sp³-hybridized carbons (Fsp3) is 0.467. The van der Waals surface area contributed by atoms with Crippen molar-refractivity contribution in [3.63, 3.8) is 0 Å². The SMILES string of the molecule is COCCN(CCOC)C(=O)c1c(C)nc2ccccn12. The number of aryl methyl sites for hydroxylation is 1. The van der Waals surface area contributed by atoms with Crippen LogP contribution >= 0.6 is 0 Å². The van der Waals surface area contributed by atoms with Gasteiger partial charge in [0.15, 0.2) is 0 Å². The summed E-state index contributed by atoms with van der Waals surface area (Å²) in [6.07, 6.45) is 1.85. The zero-order valence-electron chi connectivity index (χ0n) is 12.7. The summed E-state index contributed by atoms with van der Waals surface area (Å²) in [5, 5.41) is 0. The van der Waals surface area contributed by atoms with Crippen molar-refractivity contribution in [1.29, 1.82) is 0 Å². The quantitative estimate of drug-likeness (QED) is 0.773. The molecule has 0 unspecified atom stereocenters. The molecule has 2 aromatic heterocycles. The molecule has 6 nitrogen and oxygen atoms in total. The second-order valence-electron chi connectivity index (χ2n) is 4.75. The fourth-order valence-electron chi connectivity index (χ4n) is 2.24. The van der Waals surface area contributed by atoms with E-state index in [2.05, 4.69) is 4.98 Å². The number of carbonyl (C=O) groups is 1. The van der Waals surface area contributed by atoms with Crippen molar-refractivity contribution < 1.29 is 14.3 Å². The minimum absolute atomic E-state index is 0.0553. The van der Waals surface area contributed by atoms with Crippen molar-refractivity contribution in [3.8, 4) is 0 Å². The summed E-state index contributed by atoms with van der Waals surface area (Å²) in [6.45, 7) is 3.89. The van der Waals surface area contributed by atoms with Gasteiger partial charge < -0.3 is 14.4 Å². The third kappa shape index (κ3) is 3.40. The highest BCUT2D eigenvalue weighted by atomic mass is 16.5. The molecule has 0 spiro atoms. The number of pyridine rings is 1. The molecular weight excluding hydrogens is 270 g/mol. The van der Waals surface area contributed by atoms with Gasteiger partial charge in [-0.15, -0.1) is 0 Å². The zero-order valence-corrected chi connectivity index (χ0v) is 12.7. The molecule has 0 aliphatic carbocycles. The number of rotatable bonds is 7. The Bertz CT molecular complexity index is 601. The lowest BCUT2D eigenvalue weighted by Crippen LogP contribution is -2.37. The molecule has 1 amide bonds. The number of nitrogens with zero attached hydrogens (tertiary/aromatic N) is 3. The molecule has 21 heavy (non-hydrogen) atoms. The minimum atomic E-state index is -0.0553. The van der Waals surface area contributed by atoms with E-state index in [1.807, 2.05) is 35.7 Å². The van der Waals surface area contributed by atoms with Crippen LogP contribution in [0.25, 0.3) is 5.65 Å². The van der Waals surface area contributed by atoms with Crippen molar-refractivity contribution in [2.24, 2.45) is 0 Å². The minimum Gasteiger partial charge on any atom is -0.383 e. The Kier molecular flexibility index (Phi) is 5.30. The molecule has 0 radical (unpaired) electrons. The maximum absolute atomic E-state index is 12.8. The van der Waals surface area contributed by atoms with Gasteiger partial charge >= 0.3 is 0 Å². The summed E-state index contributed by atoms with van der Waals surface area (Å²) >= 11 is 0. The molecule has 0 aliphatic rings. The van der Waals surface area contributed by atoms with Gasteiger partial charge in [0.05, 0.1) is 18.9 Å². The Labute approximate surface area is 124 Å². The molecule has 0 saturated heterocycles. The molecule has 0 N–H and O–H groups in total. The summed E-state index contributed by atoms with van der Waals surface area (Å²) in [5.41, 5.74) is 2.10. The number of imidazole rings is 1. The lowest BCUT2D eigenvalue weighted by Gasteiger charge is -2.22. The van der Waals surface area contributed by atoms with Gasteiger partial charge in [0.2, 0.25) is 0 Å². The second-order valence-corrected chi connectivity index (χ2v) is 4.75. The molecule has 2 rings (SSSR count). The molecule has 0 fully saturated rings. The summed E-state index contributed by atoms with van der Waals surface area (Å²) < 4.78 is 12.0. The molecule has 0 saturated carbocycles. The summed E-state index contributed by atoms with van der Waals surface area (Å²) in [4.78, 5) is 19.0. The predicted molar refractivity (Wildman–Crippen MR) is 79.6 cm³/mol. The van der Waals surface area contributed by atoms with E-state index in [-0.39, 0.29) is 5.91 Å². The summed E-state index contributed by atoms with van der Waals surface area (Å²) in [7, 11) is 3.25. The highest BCUT2D eigenvalue weighted by Crippen LogP contribution is 2.14. The molecule has 2 aromatic rings. The monoisotopic (exact) mass is 291 g/mol. The fourth-order valence-corrected chi connectivity index (χ4v) is 2.24. The number of hydrogen-bond acceptors (Lipinski definition) is 4. The van der Waals surface area contributed by atoms with E-state index in [1.54, 1.807) is 19.1 Å². The average molecular weight is 291 g/mol. The molecular formula is C15H21N3O3. The van der Waals surface area contributed by atoms with Crippen molar-refractivity contribution in [1.82, 2.24) is 14.3 Å². The smallest absolute Gasteiger partial charge is 0.272 e. The largest absolute Gasteiger partial charge is 0.383 e. The van der Waals surface area contributed by atoms with E-state index < -0.39 is 0 Å². The van der Waals surface area contributed by atoms with Gasteiger partial charge in [0, 0.05) is 33.5 Å². The highest BCUT2D eigenvalue weighted by Gasteiger charge is 2.22. The van der Waals surface area contributed by atoms with E-state index >= 15 is 0 Å². The van der Waals surface area contributed by atoms with Crippen LogP contribution < -0.4 is 0 Å². The summed E-state index contributed by atoms with van der Waals surface area (Å²) in [5.74, 6) is -0.0553. The van der Waals surface area contributed by atoms with E-state index in [0.717, 1.165) is 11.3 Å². The number of hydrogen-bond donors (Lipinski definition) is 0. The van der Waals surface area contributed by atoms with E-state index in [1.165, 1.54) is 0 Å². The average Bonchev–Trinajstić information content (AvgIpc) is 2.82. The van der Waals surface area contributed by atoms with Gasteiger partial charge in [-0.05, 0) is 19.1 Å². The van der Waals surface area contributed by atoms with Crippen LogP contribution in [0, 0.1) is 6.92 Å². The van der Waals surface area contributed by atoms with E-state index in [9.17, 15) is 4.79 Å². The van der Waals surface area contributed by atoms with Crippen molar-refractivity contribution in [2.75, 3.05) is 40.5 Å². The molecule has 114 valence electrons. The third-order valence-corrected chi connectivity index (χ3v) is 3.32. The van der Waals surface area contributed by atoms with Crippen LogP contribution in [0.2, 0.25) is 0 Å². The first-order valence-electron chi connectivity index (χ1n) is 6.90. The molecule has 0 atom stereocenters. The lowest BCUT2D eigenvalue weighted by molar-refractivity contribution is 0.0620. The van der Waals surface area contributed by atoms with E-state index in [4.69, 9.17) is 9.47 Å². The Balaban J connectivity index is 2.31. The highest BCUT2D eigenvalue weighted by molar-refractivity contribution is 5.94. The number of methoxy groups -OCH3 is 2. The van der Waals surface area contributed by atoms with Gasteiger partial charge in [-0.25, -0.2) is 4.98 Å². The molecule has 0 aliphatic heterocycles. The lowest BCUT2D eigenvalue weighted by atomic mass is 10.3. The van der Waals surface area contributed by atoms with Gasteiger partial charge in [-0.2, -0.15) is 0 Å². The summed E-state index contributed by atoms with van der Waals surface area (Å²) in [6, 6.07) is 5.68. The predicted octanol–water partition coefficient (Wildman–Crippen LogP) is 1.38. The van der Waals surface area contributed by atoms with Crippen molar-refractivity contribution in [3.05, 3.63) is 35.8 Å². The Morgan fingerprint density at radius 1 is 1.24 bits per heavy atom. The van der Waals surface area contributed by atoms with Gasteiger partial charge in [0.25, 0.3) is 5.91 Å². The molecule has 2 heterocycles. The van der Waals surface area contributed by atoms with Crippen LogP contribution in [-0.2, 0) is 9.47 Å². The Hall–Kier alpha value is -1.92. The Morgan fingerprint density at radius 2 is 1.90 bits per heavy atom. The number of carbonyl (C=O) groups excluding carboxylic acids is 1. The first-order valence-corrected chi connectivity index (χ1v) is 6.90. The normalized spacial score (nSPS) is 11.0.